The molecule has 2 aromatic carbocycles. The Labute approximate surface area is 125 Å². The minimum atomic E-state index is -0.0295. The summed E-state index contributed by atoms with van der Waals surface area (Å²) < 4.78 is 0. The van der Waals surface area contributed by atoms with Crippen LogP contribution in [0.5, 0.6) is 0 Å². The predicted octanol–water partition coefficient (Wildman–Crippen LogP) is 3.64. The predicted molar refractivity (Wildman–Crippen MR) is 89.1 cm³/mol. The largest absolute Gasteiger partial charge is 0.399 e. The first kappa shape index (κ1) is 14.9. The lowest BCUT2D eigenvalue weighted by molar-refractivity contribution is -0.114. The number of carbonyl (C=O) groups excluding carboxylic acids is 1. The van der Waals surface area contributed by atoms with Crippen molar-refractivity contribution in [2.24, 2.45) is 0 Å². The molecular weight excluding hydrogens is 260 g/mol. The minimum absolute atomic E-state index is 0.0295. The summed E-state index contributed by atoms with van der Waals surface area (Å²) in [5, 5.41) is 0. The van der Waals surface area contributed by atoms with E-state index in [1.807, 2.05) is 62.4 Å². The van der Waals surface area contributed by atoms with Gasteiger partial charge in [-0.15, -0.1) is 0 Å². The molecule has 0 saturated heterocycles. The van der Waals surface area contributed by atoms with Gasteiger partial charge in [0.15, 0.2) is 0 Å². The molecule has 108 valence electrons. The molecule has 0 heterocycles. The molecule has 0 unspecified atom stereocenters. The number of likely N-dealkylation sites (N-methyl/N-ethyl adjacent to an activating group) is 1. The molecule has 2 aromatic rings. The SMILES string of the molecule is CCN(C(=O)/C=C/c1ccc(N)cc1)c1ccc(C)cc1. The molecule has 3 nitrogen and oxygen atoms in total. The van der Waals surface area contributed by atoms with Gasteiger partial charge in [0, 0.05) is 24.0 Å². The molecule has 0 aromatic heterocycles. The lowest BCUT2D eigenvalue weighted by Crippen LogP contribution is -2.28. The van der Waals surface area contributed by atoms with Crippen LogP contribution in [0.3, 0.4) is 0 Å². The molecule has 0 radical (unpaired) electrons. The van der Waals surface area contributed by atoms with Crippen LogP contribution in [0.15, 0.2) is 54.6 Å². The number of nitrogens with zero attached hydrogens (tertiary/aromatic N) is 1. The van der Waals surface area contributed by atoms with Crippen molar-refractivity contribution >= 4 is 23.4 Å². The van der Waals surface area contributed by atoms with Gasteiger partial charge >= 0.3 is 0 Å². The molecule has 21 heavy (non-hydrogen) atoms. The van der Waals surface area contributed by atoms with Crippen LogP contribution in [0.2, 0.25) is 0 Å². The van der Waals surface area contributed by atoms with Gasteiger partial charge in [-0.05, 0) is 49.8 Å². The molecule has 1 amide bonds. The van der Waals surface area contributed by atoms with E-state index >= 15 is 0 Å². The van der Waals surface area contributed by atoms with Crippen molar-refractivity contribution in [2.75, 3.05) is 17.2 Å². The molecule has 0 atom stereocenters. The number of nitrogens with two attached hydrogens (primary N) is 1. The van der Waals surface area contributed by atoms with Crippen molar-refractivity contribution in [1.82, 2.24) is 0 Å². The van der Waals surface area contributed by atoms with Crippen molar-refractivity contribution in [3.05, 3.63) is 65.7 Å². The molecule has 0 aliphatic rings. The van der Waals surface area contributed by atoms with E-state index in [2.05, 4.69) is 0 Å². The summed E-state index contributed by atoms with van der Waals surface area (Å²) in [6.07, 6.45) is 3.40. The molecule has 3 heteroatoms. The van der Waals surface area contributed by atoms with Gasteiger partial charge < -0.3 is 10.6 Å². The summed E-state index contributed by atoms with van der Waals surface area (Å²) in [6.45, 7) is 4.63. The molecule has 0 spiro atoms. The maximum absolute atomic E-state index is 12.3. The van der Waals surface area contributed by atoms with E-state index in [4.69, 9.17) is 5.73 Å². The zero-order chi connectivity index (χ0) is 15.2. The molecule has 0 fully saturated rings. The Morgan fingerprint density at radius 1 is 1.10 bits per heavy atom. The average Bonchev–Trinajstić information content (AvgIpc) is 2.49. The third kappa shape index (κ3) is 3.96. The van der Waals surface area contributed by atoms with Crippen LogP contribution in [0.25, 0.3) is 6.08 Å². The van der Waals surface area contributed by atoms with Gasteiger partial charge in [-0.25, -0.2) is 0 Å². The number of hydrogen-bond donors (Lipinski definition) is 1. The van der Waals surface area contributed by atoms with Crippen molar-refractivity contribution in [2.45, 2.75) is 13.8 Å². The highest BCUT2D eigenvalue weighted by molar-refractivity contribution is 6.03. The Bertz CT molecular complexity index is 627. The molecular formula is C18H20N2O. The van der Waals surface area contributed by atoms with Crippen LogP contribution in [0, 0.1) is 6.92 Å². The van der Waals surface area contributed by atoms with E-state index < -0.39 is 0 Å². The molecule has 2 rings (SSSR count). The van der Waals surface area contributed by atoms with Crippen LogP contribution in [0.4, 0.5) is 11.4 Å². The maximum Gasteiger partial charge on any atom is 0.250 e. The van der Waals surface area contributed by atoms with Gasteiger partial charge in [0.2, 0.25) is 0 Å². The first-order valence-corrected chi connectivity index (χ1v) is 7.02. The van der Waals surface area contributed by atoms with E-state index in [1.54, 1.807) is 17.1 Å². The fourth-order valence-electron chi connectivity index (χ4n) is 2.05. The second-order valence-corrected chi connectivity index (χ2v) is 4.92. The van der Waals surface area contributed by atoms with Gasteiger partial charge in [-0.3, -0.25) is 4.79 Å². The van der Waals surface area contributed by atoms with Gasteiger partial charge in [0.1, 0.15) is 0 Å². The first-order chi connectivity index (χ1) is 10.1. The lowest BCUT2D eigenvalue weighted by Gasteiger charge is -2.19. The summed E-state index contributed by atoms with van der Waals surface area (Å²) in [7, 11) is 0. The summed E-state index contributed by atoms with van der Waals surface area (Å²) in [5.41, 5.74) is 9.41. The number of hydrogen-bond acceptors (Lipinski definition) is 2. The molecule has 0 aliphatic carbocycles. The smallest absolute Gasteiger partial charge is 0.250 e. The molecule has 0 bridgehead atoms. The van der Waals surface area contributed by atoms with Crippen LogP contribution in [0.1, 0.15) is 18.1 Å². The first-order valence-electron chi connectivity index (χ1n) is 7.02. The van der Waals surface area contributed by atoms with E-state index in [1.165, 1.54) is 5.56 Å². The van der Waals surface area contributed by atoms with Gasteiger partial charge in [-0.1, -0.05) is 29.8 Å². The summed E-state index contributed by atoms with van der Waals surface area (Å²) in [4.78, 5) is 14.1. The van der Waals surface area contributed by atoms with Crippen LogP contribution < -0.4 is 10.6 Å². The van der Waals surface area contributed by atoms with Crippen molar-refractivity contribution in [1.29, 1.82) is 0 Å². The number of amides is 1. The Hall–Kier alpha value is -2.55. The summed E-state index contributed by atoms with van der Waals surface area (Å²) >= 11 is 0. The number of carbonyl (C=O) groups is 1. The molecule has 0 aliphatic heterocycles. The van der Waals surface area contributed by atoms with E-state index in [-0.39, 0.29) is 5.91 Å². The number of rotatable bonds is 4. The highest BCUT2D eigenvalue weighted by atomic mass is 16.2. The zero-order valence-corrected chi connectivity index (χ0v) is 12.4. The van der Waals surface area contributed by atoms with Crippen LogP contribution in [-0.2, 0) is 4.79 Å². The monoisotopic (exact) mass is 280 g/mol. The Morgan fingerprint density at radius 3 is 2.29 bits per heavy atom. The lowest BCUT2D eigenvalue weighted by atomic mass is 10.2. The number of benzene rings is 2. The standard InChI is InChI=1S/C18H20N2O/c1-3-20(17-11-4-14(2)5-12-17)18(21)13-8-15-6-9-16(19)10-7-15/h4-13H,3,19H2,1-2H3/b13-8+. The second kappa shape index (κ2) is 6.75. The van der Waals surface area contributed by atoms with Crippen molar-refractivity contribution in [3.8, 4) is 0 Å². The topological polar surface area (TPSA) is 46.3 Å². The van der Waals surface area contributed by atoms with Gasteiger partial charge in [0.25, 0.3) is 5.91 Å². The van der Waals surface area contributed by atoms with Crippen LogP contribution in [-0.4, -0.2) is 12.5 Å². The van der Waals surface area contributed by atoms with Crippen molar-refractivity contribution in [3.63, 3.8) is 0 Å². The fourth-order valence-corrected chi connectivity index (χ4v) is 2.05. The van der Waals surface area contributed by atoms with Crippen LogP contribution >= 0.6 is 0 Å². The third-order valence-electron chi connectivity index (χ3n) is 3.28. The van der Waals surface area contributed by atoms with Crippen molar-refractivity contribution < 1.29 is 4.79 Å². The quantitative estimate of drug-likeness (QED) is 0.686. The minimum Gasteiger partial charge on any atom is -0.399 e. The Balaban J connectivity index is 2.13. The van der Waals surface area contributed by atoms with Gasteiger partial charge in [0.05, 0.1) is 0 Å². The second-order valence-electron chi connectivity index (χ2n) is 4.92. The number of anilines is 2. The maximum atomic E-state index is 12.3. The third-order valence-corrected chi connectivity index (χ3v) is 3.28. The highest BCUT2D eigenvalue weighted by Crippen LogP contribution is 2.16. The molecule has 2 N–H and O–H groups in total. The van der Waals surface area contributed by atoms with E-state index in [0.717, 1.165) is 11.3 Å². The highest BCUT2D eigenvalue weighted by Gasteiger charge is 2.10. The molecule has 0 saturated carbocycles. The fraction of sp³-hybridized carbons (Fsp3) is 0.167. The summed E-state index contributed by atoms with van der Waals surface area (Å²) in [6, 6.07) is 15.4. The number of aryl methyl sites for hydroxylation is 1. The number of nitrogen functional groups attached to an aromatic ring is 1. The summed E-state index contributed by atoms with van der Waals surface area (Å²) in [5.74, 6) is -0.0295. The average molecular weight is 280 g/mol. The van der Waals surface area contributed by atoms with E-state index in [0.29, 0.717) is 12.2 Å². The Kier molecular flexibility index (Phi) is 4.77. The Morgan fingerprint density at radius 2 is 1.71 bits per heavy atom. The van der Waals surface area contributed by atoms with Gasteiger partial charge in [-0.2, -0.15) is 0 Å². The normalized spacial score (nSPS) is 10.8. The van der Waals surface area contributed by atoms with E-state index in [9.17, 15) is 4.79 Å². The zero-order valence-electron chi connectivity index (χ0n) is 12.4.